The normalized spacial score (nSPS) is 11.7. The number of hydrogen-bond acceptors (Lipinski definition) is 4. The van der Waals surface area contributed by atoms with Crippen LogP contribution in [0.4, 0.5) is 0 Å². The Kier molecular flexibility index (Phi) is 5.47. The number of nitrogens with one attached hydrogen (secondary N) is 1. The number of rotatable bonds is 7. The molecule has 0 bridgehead atoms. The Morgan fingerprint density at radius 1 is 1.29 bits per heavy atom. The Morgan fingerprint density at radius 2 is 2.00 bits per heavy atom. The standard InChI is InChI=1S/C16H23N3O2/c1-3-12(4-2)19(9-10-20)11-15-17-14-8-6-5-7-13(14)16(21)18-15/h5-8,12,20H,3-4,9-11H2,1-2H3,(H,17,18,21). The van der Waals surface area contributed by atoms with Crippen molar-refractivity contribution < 1.29 is 5.11 Å². The van der Waals surface area contributed by atoms with Crippen molar-refractivity contribution in [3.8, 4) is 0 Å². The second-order valence-corrected chi connectivity index (χ2v) is 5.19. The molecule has 0 saturated carbocycles. The maximum absolute atomic E-state index is 12.1. The van der Waals surface area contributed by atoms with Crippen molar-refractivity contribution in [1.82, 2.24) is 14.9 Å². The molecule has 2 aromatic rings. The van der Waals surface area contributed by atoms with Crippen molar-refractivity contribution in [2.45, 2.75) is 39.3 Å². The fourth-order valence-corrected chi connectivity index (χ4v) is 2.73. The monoisotopic (exact) mass is 289 g/mol. The van der Waals surface area contributed by atoms with Crippen LogP contribution in [-0.2, 0) is 6.54 Å². The van der Waals surface area contributed by atoms with E-state index in [0.717, 1.165) is 12.8 Å². The average molecular weight is 289 g/mol. The summed E-state index contributed by atoms with van der Waals surface area (Å²) in [7, 11) is 0. The van der Waals surface area contributed by atoms with Crippen LogP contribution in [0.15, 0.2) is 29.1 Å². The molecule has 5 heteroatoms. The smallest absolute Gasteiger partial charge is 0.258 e. The van der Waals surface area contributed by atoms with E-state index in [0.29, 0.717) is 35.9 Å². The number of aliphatic hydroxyl groups excluding tert-OH is 1. The zero-order valence-corrected chi connectivity index (χ0v) is 12.7. The molecule has 0 aliphatic rings. The molecule has 1 aromatic carbocycles. The highest BCUT2D eigenvalue weighted by atomic mass is 16.3. The summed E-state index contributed by atoms with van der Waals surface area (Å²) in [5.41, 5.74) is 0.605. The van der Waals surface area contributed by atoms with E-state index in [1.54, 1.807) is 6.07 Å². The summed E-state index contributed by atoms with van der Waals surface area (Å²) in [6.45, 7) is 5.51. The van der Waals surface area contributed by atoms with E-state index in [-0.39, 0.29) is 12.2 Å². The molecule has 0 unspecified atom stereocenters. The van der Waals surface area contributed by atoms with Gasteiger partial charge in [0, 0.05) is 12.6 Å². The van der Waals surface area contributed by atoms with Gasteiger partial charge in [0.1, 0.15) is 5.82 Å². The molecule has 0 spiro atoms. The predicted octanol–water partition coefficient (Wildman–Crippen LogP) is 1.91. The Bertz CT molecular complexity index is 635. The molecule has 114 valence electrons. The summed E-state index contributed by atoms with van der Waals surface area (Å²) >= 11 is 0. The first-order chi connectivity index (χ1) is 10.2. The van der Waals surface area contributed by atoms with Crippen LogP contribution in [0.1, 0.15) is 32.5 Å². The van der Waals surface area contributed by atoms with Gasteiger partial charge in [-0.25, -0.2) is 4.98 Å². The van der Waals surface area contributed by atoms with Gasteiger partial charge in [-0.1, -0.05) is 26.0 Å². The zero-order chi connectivity index (χ0) is 15.2. The second-order valence-electron chi connectivity index (χ2n) is 5.19. The van der Waals surface area contributed by atoms with Gasteiger partial charge in [-0.2, -0.15) is 0 Å². The lowest BCUT2D eigenvalue weighted by Gasteiger charge is -2.29. The highest BCUT2D eigenvalue weighted by molar-refractivity contribution is 5.77. The van der Waals surface area contributed by atoms with Crippen LogP contribution in [0.5, 0.6) is 0 Å². The number of para-hydroxylation sites is 1. The number of nitrogens with zero attached hydrogens (tertiary/aromatic N) is 2. The molecule has 0 radical (unpaired) electrons. The third-order valence-corrected chi connectivity index (χ3v) is 3.86. The summed E-state index contributed by atoms with van der Waals surface area (Å²) in [5.74, 6) is 0.652. The molecule has 0 aliphatic carbocycles. The highest BCUT2D eigenvalue weighted by Crippen LogP contribution is 2.12. The van der Waals surface area contributed by atoms with Gasteiger partial charge in [0.25, 0.3) is 5.56 Å². The number of benzene rings is 1. The van der Waals surface area contributed by atoms with Crippen molar-refractivity contribution in [2.75, 3.05) is 13.2 Å². The molecule has 21 heavy (non-hydrogen) atoms. The molecule has 0 fully saturated rings. The minimum Gasteiger partial charge on any atom is -0.395 e. The minimum atomic E-state index is -0.107. The number of aliphatic hydroxyl groups is 1. The number of aromatic amines is 1. The fourth-order valence-electron chi connectivity index (χ4n) is 2.73. The van der Waals surface area contributed by atoms with Gasteiger partial charge in [-0.05, 0) is 25.0 Å². The SMILES string of the molecule is CCC(CC)N(CCO)Cc1nc2ccccc2c(=O)[nH]1. The van der Waals surface area contributed by atoms with E-state index in [9.17, 15) is 9.90 Å². The Balaban J connectivity index is 2.30. The average Bonchev–Trinajstić information content (AvgIpc) is 2.49. The van der Waals surface area contributed by atoms with E-state index in [4.69, 9.17) is 0 Å². The van der Waals surface area contributed by atoms with Crippen molar-refractivity contribution in [2.24, 2.45) is 0 Å². The number of aromatic nitrogens is 2. The first-order valence-corrected chi connectivity index (χ1v) is 7.52. The van der Waals surface area contributed by atoms with E-state index in [1.165, 1.54) is 0 Å². The van der Waals surface area contributed by atoms with E-state index >= 15 is 0 Å². The van der Waals surface area contributed by atoms with Crippen LogP contribution in [0.2, 0.25) is 0 Å². The molecule has 0 amide bonds. The van der Waals surface area contributed by atoms with Crippen LogP contribution >= 0.6 is 0 Å². The summed E-state index contributed by atoms with van der Waals surface area (Å²) in [5, 5.41) is 9.86. The molecular formula is C16H23N3O2. The van der Waals surface area contributed by atoms with Crippen molar-refractivity contribution in [3.63, 3.8) is 0 Å². The van der Waals surface area contributed by atoms with Crippen LogP contribution in [0.3, 0.4) is 0 Å². The molecule has 0 atom stereocenters. The fraction of sp³-hybridized carbons (Fsp3) is 0.500. The molecular weight excluding hydrogens is 266 g/mol. The Morgan fingerprint density at radius 3 is 2.67 bits per heavy atom. The number of hydrogen-bond donors (Lipinski definition) is 2. The molecule has 5 nitrogen and oxygen atoms in total. The highest BCUT2D eigenvalue weighted by Gasteiger charge is 2.16. The lowest BCUT2D eigenvalue weighted by molar-refractivity contribution is 0.133. The van der Waals surface area contributed by atoms with Gasteiger partial charge in [0.15, 0.2) is 0 Å². The lowest BCUT2D eigenvalue weighted by atomic mass is 10.1. The molecule has 1 aromatic heterocycles. The van der Waals surface area contributed by atoms with E-state index < -0.39 is 0 Å². The van der Waals surface area contributed by atoms with Gasteiger partial charge in [0.05, 0.1) is 24.1 Å². The molecule has 0 aliphatic heterocycles. The second kappa shape index (κ2) is 7.33. The maximum Gasteiger partial charge on any atom is 0.258 e. The first-order valence-electron chi connectivity index (χ1n) is 7.52. The topological polar surface area (TPSA) is 69.2 Å². The van der Waals surface area contributed by atoms with Crippen molar-refractivity contribution in [1.29, 1.82) is 0 Å². The minimum absolute atomic E-state index is 0.105. The zero-order valence-electron chi connectivity index (χ0n) is 12.7. The Hall–Kier alpha value is -1.72. The third-order valence-electron chi connectivity index (χ3n) is 3.86. The predicted molar refractivity (Wildman–Crippen MR) is 84.2 cm³/mol. The van der Waals surface area contributed by atoms with Crippen molar-refractivity contribution in [3.05, 3.63) is 40.4 Å². The molecule has 1 heterocycles. The summed E-state index contributed by atoms with van der Waals surface area (Å²) in [4.78, 5) is 21.6. The van der Waals surface area contributed by atoms with E-state index in [1.807, 2.05) is 18.2 Å². The van der Waals surface area contributed by atoms with Gasteiger partial charge in [-0.15, -0.1) is 0 Å². The first kappa shape index (κ1) is 15.7. The van der Waals surface area contributed by atoms with Gasteiger partial charge >= 0.3 is 0 Å². The number of H-pyrrole nitrogens is 1. The Labute approximate surface area is 124 Å². The maximum atomic E-state index is 12.1. The van der Waals surface area contributed by atoms with Gasteiger partial charge in [0.2, 0.25) is 0 Å². The summed E-state index contributed by atoms with van der Waals surface area (Å²) in [6, 6.07) is 7.72. The van der Waals surface area contributed by atoms with Crippen LogP contribution < -0.4 is 5.56 Å². The largest absolute Gasteiger partial charge is 0.395 e. The van der Waals surface area contributed by atoms with Gasteiger partial charge < -0.3 is 10.1 Å². The lowest BCUT2D eigenvalue weighted by Crippen LogP contribution is -2.37. The van der Waals surface area contributed by atoms with Gasteiger partial charge in [-0.3, -0.25) is 9.69 Å². The van der Waals surface area contributed by atoms with Crippen LogP contribution in [0.25, 0.3) is 10.9 Å². The molecule has 2 rings (SSSR count). The molecule has 2 N–H and O–H groups in total. The summed E-state index contributed by atoms with van der Waals surface area (Å²) in [6.07, 6.45) is 2.02. The summed E-state index contributed by atoms with van der Waals surface area (Å²) < 4.78 is 0. The van der Waals surface area contributed by atoms with Crippen molar-refractivity contribution >= 4 is 10.9 Å². The quantitative estimate of drug-likeness (QED) is 0.817. The van der Waals surface area contributed by atoms with E-state index in [2.05, 4.69) is 28.7 Å². The molecule has 0 saturated heterocycles. The third kappa shape index (κ3) is 3.68. The van der Waals surface area contributed by atoms with Crippen LogP contribution in [-0.4, -0.2) is 39.2 Å². The number of fused-ring (bicyclic) bond motifs is 1. The van der Waals surface area contributed by atoms with Crippen LogP contribution in [0, 0.1) is 0 Å².